The molecule has 0 unspecified atom stereocenters. The molecule has 1 fully saturated rings. The number of ether oxygens (including phenoxy) is 2. The molecule has 19 heavy (non-hydrogen) atoms. The van der Waals surface area contributed by atoms with Crippen LogP contribution >= 0.6 is 0 Å². The second-order valence-electron chi connectivity index (χ2n) is 7.51. The molecule has 0 bridgehead atoms. The molecule has 1 aliphatic rings. The second-order valence-corrected chi connectivity index (χ2v) is 12.3. The standard InChI is InChI=1S/C15H31O3Si/c1-12-11-13(18-15(5,6)17-12)9-10-16-19(7,8)14(2,3)4/h12-13H,1,9-11H2,2-8H3/t12-,13+/m1/s1. The fourth-order valence-electron chi connectivity index (χ4n) is 2.06. The van der Waals surface area contributed by atoms with E-state index >= 15 is 0 Å². The van der Waals surface area contributed by atoms with E-state index in [1.807, 2.05) is 13.8 Å². The van der Waals surface area contributed by atoms with E-state index in [1.54, 1.807) is 0 Å². The lowest BCUT2D eigenvalue weighted by Gasteiger charge is -2.40. The molecule has 0 aliphatic carbocycles. The summed E-state index contributed by atoms with van der Waals surface area (Å²) < 4.78 is 17.8. The van der Waals surface area contributed by atoms with E-state index in [0.29, 0.717) is 0 Å². The monoisotopic (exact) mass is 287 g/mol. The highest BCUT2D eigenvalue weighted by Crippen LogP contribution is 2.37. The summed E-state index contributed by atoms with van der Waals surface area (Å²) in [7, 11) is -1.64. The molecule has 1 heterocycles. The zero-order chi connectivity index (χ0) is 14.9. The van der Waals surface area contributed by atoms with Gasteiger partial charge in [0.15, 0.2) is 14.1 Å². The molecule has 0 N–H and O–H groups in total. The fourth-order valence-corrected chi connectivity index (χ4v) is 3.12. The van der Waals surface area contributed by atoms with Gasteiger partial charge < -0.3 is 13.9 Å². The molecule has 0 spiro atoms. The first-order valence-corrected chi connectivity index (χ1v) is 10.2. The summed E-state index contributed by atoms with van der Waals surface area (Å²) in [5.41, 5.74) is 0. The van der Waals surface area contributed by atoms with Gasteiger partial charge in [-0.3, -0.25) is 0 Å². The largest absolute Gasteiger partial charge is 0.417 e. The molecule has 0 aromatic carbocycles. The average Bonchev–Trinajstić information content (AvgIpc) is 2.11. The van der Waals surface area contributed by atoms with Gasteiger partial charge in [-0.1, -0.05) is 20.8 Å². The van der Waals surface area contributed by atoms with E-state index in [2.05, 4.69) is 40.8 Å². The Bertz CT molecular complexity index is 294. The summed E-state index contributed by atoms with van der Waals surface area (Å²) in [6.07, 6.45) is 1.98. The van der Waals surface area contributed by atoms with Crippen LogP contribution in [0.5, 0.6) is 0 Å². The van der Waals surface area contributed by atoms with Gasteiger partial charge in [0.1, 0.15) is 0 Å². The van der Waals surface area contributed by atoms with Crippen LogP contribution in [0.15, 0.2) is 0 Å². The number of hydrogen-bond donors (Lipinski definition) is 0. The predicted molar refractivity (Wildman–Crippen MR) is 81.6 cm³/mol. The molecule has 0 amide bonds. The van der Waals surface area contributed by atoms with Crippen molar-refractivity contribution >= 4 is 8.32 Å². The summed E-state index contributed by atoms with van der Waals surface area (Å²) in [5.74, 6) is -0.522. The van der Waals surface area contributed by atoms with Gasteiger partial charge in [-0.05, 0) is 45.3 Å². The van der Waals surface area contributed by atoms with Gasteiger partial charge >= 0.3 is 0 Å². The van der Waals surface area contributed by atoms with Crippen molar-refractivity contribution in [2.24, 2.45) is 0 Å². The van der Waals surface area contributed by atoms with Crippen molar-refractivity contribution in [2.75, 3.05) is 6.61 Å². The Hall–Kier alpha value is 0.0969. The van der Waals surface area contributed by atoms with Crippen LogP contribution in [0.4, 0.5) is 0 Å². The molecule has 0 aromatic rings. The van der Waals surface area contributed by atoms with Crippen LogP contribution in [0.2, 0.25) is 18.1 Å². The minimum atomic E-state index is -1.64. The molecule has 1 saturated heterocycles. The maximum atomic E-state index is 6.20. The first kappa shape index (κ1) is 17.1. The van der Waals surface area contributed by atoms with E-state index in [-0.39, 0.29) is 17.2 Å². The average molecular weight is 287 g/mol. The highest BCUT2D eigenvalue weighted by molar-refractivity contribution is 6.74. The van der Waals surface area contributed by atoms with Gasteiger partial charge in [0.2, 0.25) is 0 Å². The van der Waals surface area contributed by atoms with Gasteiger partial charge in [0.05, 0.1) is 12.2 Å². The Balaban J connectivity index is 2.41. The SMILES string of the molecule is [CH2][C@@H]1C[C@H](CCO[Si](C)(C)C(C)(C)C)OC(C)(C)O1. The van der Waals surface area contributed by atoms with E-state index in [9.17, 15) is 0 Å². The van der Waals surface area contributed by atoms with Crippen LogP contribution < -0.4 is 0 Å². The molecule has 0 saturated carbocycles. The van der Waals surface area contributed by atoms with Gasteiger partial charge in [-0.15, -0.1) is 0 Å². The number of rotatable bonds is 4. The lowest BCUT2D eigenvalue weighted by Crippen LogP contribution is -2.45. The summed E-state index contributed by atoms with van der Waals surface area (Å²) in [5, 5.41) is 0.262. The van der Waals surface area contributed by atoms with Gasteiger partial charge in [0.25, 0.3) is 0 Å². The van der Waals surface area contributed by atoms with Gasteiger partial charge in [-0.2, -0.15) is 0 Å². The van der Waals surface area contributed by atoms with Crippen LogP contribution in [0, 0.1) is 6.92 Å². The highest BCUT2D eigenvalue weighted by Gasteiger charge is 2.38. The van der Waals surface area contributed by atoms with Gasteiger partial charge in [0, 0.05) is 13.0 Å². The molecule has 1 aliphatic heterocycles. The highest BCUT2D eigenvalue weighted by atomic mass is 28.4. The predicted octanol–water partition coefficient (Wildman–Crippen LogP) is 4.14. The van der Waals surface area contributed by atoms with Crippen molar-refractivity contribution in [1.29, 1.82) is 0 Å². The zero-order valence-corrected chi connectivity index (χ0v) is 14.7. The van der Waals surface area contributed by atoms with Crippen molar-refractivity contribution < 1.29 is 13.9 Å². The van der Waals surface area contributed by atoms with E-state index in [1.165, 1.54) is 0 Å². The minimum absolute atomic E-state index is 0.0154. The van der Waals surface area contributed by atoms with E-state index in [4.69, 9.17) is 13.9 Å². The lowest BCUT2D eigenvalue weighted by atomic mass is 10.1. The summed E-state index contributed by atoms with van der Waals surface area (Å²) >= 11 is 0. The smallest absolute Gasteiger partial charge is 0.191 e. The fraction of sp³-hybridized carbons (Fsp3) is 0.933. The van der Waals surface area contributed by atoms with Crippen LogP contribution in [0.1, 0.15) is 47.5 Å². The van der Waals surface area contributed by atoms with E-state index < -0.39 is 14.1 Å². The Morgan fingerprint density at radius 2 is 1.84 bits per heavy atom. The maximum Gasteiger partial charge on any atom is 0.191 e. The normalized spacial score (nSPS) is 28.4. The van der Waals surface area contributed by atoms with E-state index in [0.717, 1.165) is 19.4 Å². The van der Waals surface area contributed by atoms with Crippen LogP contribution in [0.25, 0.3) is 0 Å². The Kier molecular flexibility index (Phi) is 5.27. The van der Waals surface area contributed by atoms with Crippen molar-refractivity contribution in [2.45, 2.75) is 83.6 Å². The summed E-state index contributed by atoms with van der Waals surface area (Å²) in [6.45, 7) is 20.0. The molecule has 113 valence electrons. The molecule has 0 aromatic heterocycles. The first-order chi connectivity index (χ1) is 8.43. The lowest BCUT2D eigenvalue weighted by molar-refractivity contribution is -0.292. The molecule has 2 atom stereocenters. The minimum Gasteiger partial charge on any atom is -0.417 e. The Morgan fingerprint density at radius 1 is 1.26 bits per heavy atom. The molecular formula is C15H31O3Si. The maximum absolute atomic E-state index is 6.20. The molecular weight excluding hydrogens is 256 g/mol. The third-order valence-corrected chi connectivity index (χ3v) is 8.67. The van der Waals surface area contributed by atoms with Crippen LogP contribution in [-0.2, 0) is 13.9 Å². The second kappa shape index (κ2) is 5.84. The first-order valence-electron chi connectivity index (χ1n) is 7.26. The number of hydrogen-bond acceptors (Lipinski definition) is 3. The quantitative estimate of drug-likeness (QED) is 0.727. The van der Waals surface area contributed by atoms with Crippen molar-refractivity contribution in [3.8, 4) is 0 Å². The summed E-state index contributed by atoms with van der Waals surface area (Å²) in [4.78, 5) is 0. The van der Waals surface area contributed by atoms with Gasteiger partial charge in [-0.25, -0.2) is 0 Å². The third-order valence-electron chi connectivity index (χ3n) is 4.14. The Labute approximate surface area is 120 Å². The Morgan fingerprint density at radius 3 is 2.32 bits per heavy atom. The molecule has 1 rings (SSSR count). The van der Waals surface area contributed by atoms with Crippen molar-refractivity contribution in [3.63, 3.8) is 0 Å². The third kappa shape index (κ3) is 5.18. The van der Waals surface area contributed by atoms with Crippen LogP contribution in [-0.4, -0.2) is 32.9 Å². The van der Waals surface area contributed by atoms with Crippen molar-refractivity contribution in [1.82, 2.24) is 0 Å². The summed E-state index contributed by atoms with van der Waals surface area (Å²) in [6, 6.07) is 0. The van der Waals surface area contributed by atoms with Crippen LogP contribution in [0.3, 0.4) is 0 Å². The van der Waals surface area contributed by atoms with Crippen molar-refractivity contribution in [3.05, 3.63) is 6.92 Å². The zero-order valence-electron chi connectivity index (χ0n) is 13.7. The topological polar surface area (TPSA) is 27.7 Å². The molecule has 4 heteroatoms. The molecule has 1 radical (unpaired) electrons. The molecule has 3 nitrogen and oxygen atoms in total.